The third-order valence-corrected chi connectivity index (χ3v) is 6.06. The molecule has 6 heteroatoms. The van der Waals surface area contributed by atoms with Crippen molar-refractivity contribution in [1.82, 2.24) is 0 Å². The first kappa shape index (κ1) is 18.8. The average Bonchev–Trinajstić information content (AvgIpc) is 3.10. The number of carbonyl (C=O) groups excluding carboxylic acids is 1. The Morgan fingerprint density at radius 2 is 1.89 bits per heavy atom. The largest absolute Gasteiger partial charge is 0.495 e. The molecule has 0 saturated carbocycles. The van der Waals surface area contributed by atoms with E-state index in [1.54, 1.807) is 12.0 Å². The summed E-state index contributed by atoms with van der Waals surface area (Å²) in [4.78, 5) is 15.9. The van der Waals surface area contributed by atoms with Crippen molar-refractivity contribution in [3.05, 3.63) is 36.4 Å². The molecule has 0 radical (unpaired) electrons. The van der Waals surface area contributed by atoms with Crippen molar-refractivity contribution in [2.24, 2.45) is 0 Å². The number of nitrogens with one attached hydrogen (secondary N) is 3. The SMILES string of the molecule is CC[NH+]1CC[NH+]([C@@H](C)C(=O)Nc2cc3oc4ccccc4c3cc2OC)CC1. The molecule has 1 aromatic heterocycles. The summed E-state index contributed by atoms with van der Waals surface area (Å²) in [6, 6.07) is 11.6. The zero-order chi connectivity index (χ0) is 19.7. The van der Waals surface area contributed by atoms with Crippen molar-refractivity contribution in [3.8, 4) is 5.75 Å². The van der Waals surface area contributed by atoms with Crippen molar-refractivity contribution < 1.29 is 23.7 Å². The molecule has 3 N–H and O–H groups in total. The summed E-state index contributed by atoms with van der Waals surface area (Å²) in [5, 5.41) is 5.10. The molecule has 0 spiro atoms. The normalized spacial score (nSPS) is 21.0. The lowest BCUT2D eigenvalue weighted by molar-refractivity contribution is -1.02. The predicted octanol–water partition coefficient (Wildman–Crippen LogP) is 0.725. The summed E-state index contributed by atoms with van der Waals surface area (Å²) in [7, 11) is 1.63. The Morgan fingerprint density at radius 3 is 2.61 bits per heavy atom. The first-order valence-electron chi connectivity index (χ1n) is 10.1. The lowest BCUT2D eigenvalue weighted by atomic mass is 10.1. The van der Waals surface area contributed by atoms with Gasteiger partial charge in [0.1, 0.15) is 43.1 Å². The monoisotopic (exact) mass is 383 g/mol. The number of para-hydroxylation sites is 1. The van der Waals surface area contributed by atoms with E-state index >= 15 is 0 Å². The Hall–Kier alpha value is -2.57. The zero-order valence-electron chi connectivity index (χ0n) is 16.8. The first-order valence-corrected chi connectivity index (χ1v) is 10.1. The molecule has 0 bridgehead atoms. The van der Waals surface area contributed by atoms with Gasteiger partial charge in [-0.3, -0.25) is 4.79 Å². The fourth-order valence-electron chi connectivity index (χ4n) is 4.16. The van der Waals surface area contributed by atoms with Gasteiger partial charge in [-0.2, -0.15) is 0 Å². The lowest BCUT2D eigenvalue weighted by Gasteiger charge is -2.32. The van der Waals surface area contributed by atoms with Crippen LogP contribution in [0.1, 0.15) is 13.8 Å². The second-order valence-corrected chi connectivity index (χ2v) is 7.62. The molecule has 28 heavy (non-hydrogen) atoms. The minimum atomic E-state index is -0.102. The van der Waals surface area contributed by atoms with Crippen molar-refractivity contribution in [2.45, 2.75) is 19.9 Å². The highest BCUT2D eigenvalue weighted by molar-refractivity contribution is 6.08. The molecule has 0 aliphatic carbocycles. The number of piperazine rings is 1. The Balaban J connectivity index is 1.56. The standard InChI is InChI=1S/C22H27N3O3/c1-4-24-9-11-25(12-10-24)15(2)22(26)23-18-14-20-17(13-21(18)27-3)16-7-5-6-8-19(16)28-20/h5-8,13-15H,4,9-12H2,1-3H3,(H,23,26)/p+2/t15-/m0/s1. The smallest absolute Gasteiger partial charge is 0.282 e. The van der Waals surface area contributed by atoms with Crippen LogP contribution in [0.5, 0.6) is 5.75 Å². The maximum absolute atomic E-state index is 12.9. The fraction of sp³-hybridized carbons (Fsp3) is 0.409. The van der Waals surface area contributed by atoms with Gasteiger partial charge in [0.25, 0.3) is 5.91 Å². The second-order valence-electron chi connectivity index (χ2n) is 7.62. The maximum Gasteiger partial charge on any atom is 0.282 e. The first-order chi connectivity index (χ1) is 13.6. The number of anilines is 1. The number of fused-ring (bicyclic) bond motifs is 3. The fourth-order valence-corrected chi connectivity index (χ4v) is 4.16. The zero-order valence-corrected chi connectivity index (χ0v) is 16.8. The van der Waals surface area contributed by atoms with Gasteiger partial charge in [0, 0.05) is 16.8 Å². The highest BCUT2D eigenvalue weighted by Crippen LogP contribution is 2.36. The van der Waals surface area contributed by atoms with E-state index in [2.05, 4.69) is 12.2 Å². The molecule has 1 atom stereocenters. The van der Waals surface area contributed by atoms with E-state index in [0.717, 1.165) is 54.7 Å². The van der Waals surface area contributed by atoms with Gasteiger partial charge in [-0.05, 0) is 26.0 Å². The van der Waals surface area contributed by atoms with Crippen LogP contribution in [0.25, 0.3) is 21.9 Å². The van der Waals surface area contributed by atoms with Crippen molar-refractivity contribution in [2.75, 3.05) is 45.2 Å². The van der Waals surface area contributed by atoms with Crippen LogP contribution in [0, 0.1) is 0 Å². The Kier molecular flexibility index (Phi) is 5.24. The summed E-state index contributed by atoms with van der Waals surface area (Å²) < 4.78 is 11.5. The van der Waals surface area contributed by atoms with Gasteiger partial charge in [-0.25, -0.2) is 0 Å². The number of likely N-dealkylation sites (N-methyl/N-ethyl adjacent to an activating group) is 1. The van der Waals surface area contributed by atoms with Gasteiger partial charge in [-0.1, -0.05) is 18.2 Å². The molecule has 0 unspecified atom stereocenters. The van der Waals surface area contributed by atoms with Crippen LogP contribution in [-0.4, -0.2) is 51.8 Å². The van der Waals surface area contributed by atoms with Gasteiger partial charge in [-0.15, -0.1) is 0 Å². The highest BCUT2D eigenvalue weighted by Gasteiger charge is 2.31. The van der Waals surface area contributed by atoms with E-state index in [0.29, 0.717) is 11.4 Å². The summed E-state index contributed by atoms with van der Waals surface area (Å²) in [6.45, 7) is 9.68. The van der Waals surface area contributed by atoms with Gasteiger partial charge in [0.15, 0.2) is 6.04 Å². The number of rotatable bonds is 5. The van der Waals surface area contributed by atoms with E-state index in [9.17, 15) is 4.79 Å². The van der Waals surface area contributed by atoms with Gasteiger partial charge >= 0.3 is 0 Å². The Labute approximate surface area is 165 Å². The third kappa shape index (κ3) is 3.45. The van der Waals surface area contributed by atoms with E-state index in [1.165, 1.54) is 4.90 Å². The van der Waals surface area contributed by atoms with Crippen molar-refractivity contribution in [3.63, 3.8) is 0 Å². The van der Waals surface area contributed by atoms with Crippen LogP contribution in [0.3, 0.4) is 0 Å². The molecule has 1 fully saturated rings. The van der Waals surface area contributed by atoms with Crippen LogP contribution in [0.2, 0.25) is 0 Å². The summed E-state index contributed by atoms with van der Waals surface area (Å²) >= 11 is 0. The molecule has 148 valence electrons. The van der Waals surface area contributed by atoms with Gasteiger partial charge < -0.3 is 24.3 Å². The van der Waals surface area contributed by atoms with E-state index in [1.807, 2.05) is 43.3 Å². The minimum absolute atomic E-state index is 0.0173. The van der Waals surface area contributed by atoms with Crippen LogP contribution in [0.4, 0.5) is 5.69 Å². The van der Waals surface area contributed by atoms with E-state index in [-0.39, 0.29) is 11.9 Å². The van der Waals surface area contributed by atoms with Crippen molar-refractivity contribution in [1.29, 1.82) is 0 Å². The van der Waals surface area contributed by atoms with Crippen LogP contribution < -0.4 is 19.9 Å². The van der Waals surface area contributed by atoms with Crippen LogP contribution in [0.15, 0.2) is 40.8 Å². The average molecular weight is 383 g/mol. The maximum atomic E-state index is 12.9. The molecule has 1 amide bonds. The van der Waals surface area contributed by atoms with E-state index in [4.69, 9.17) is 9.15 Å². The quantitative estimate of drug-likeness (QED) is 0.609. The number of furan rings is 1. The number of hydrogen-bond donors (Lipinski definition) is 3. The highest BCUT2D eigenvalue weighted by atomic mass is 16.5. The molecule has 4 rings (SSSR count). The summed E-state index contributed by atoms with van der Waals surface area (Å²) in [5.41, 5.74) is 2.23. The minimum Gasteiger partial charge on any atom is -0.495 e. The topological polar surface area (TPSA) is 60.4 Å². The van der Waals surface area contributed by atoms with Gasteiger partial charge in [0.2, 0.25) is 0 Å². The number of ether oxygens (including phenoxy) is 1. The number of quaternary nitrogens is 2. The molecule has 2 aromatic carbocycles. The lowest BCUT2D eigenvalue weighted by Crippen LogP contribution is -3.29. The molecule has 1 saturated heterocycles. The molecule has 6 nitrogen and oxygen atoms in total. The van der Waals surface area contributed by atoms with Crippen LogP contribution in [-0.2, 0) is 4.79 Å². The number of methoxy groups -OCH3 is 1. The Bertz CT molecular complexity index is 989. The van der Waals surface area contributed by atoms with Crippen LogP contribution >= 0.6 is 0 Å². The third-order valence-electron chi connectivity index (χ3n) is 6.06. The van der Waals surface area contributed by atoms with E-state index < -0.39 is 0 Å². The molecule has 3 aromatic rings. The number of hydrogen-bond acceptors (Lipinski definition) is 3. The molecule has 1 aliphatic heterocycles. The summed E-state index contributed by atoms with van der Waals surface area (Å²) in [6.07, 6.45) is 0. The number of amides is 1. The summed E-state index contributed by atoms with van der Waals surface area (Å²) in [5.74, 6) is 0.665. The number of carbonyl (C=O) groups is 1. The van der Waals surface area contributed by atoms with Crippen molar-refractivity contribution >= 4 is 33.5 Å². The second kappa shape index (κ2) is 7.81. The molecule has 2 heterocycles. The molecular formula is C22H29N3O3+2. The molecule has 1 aliphatic rings. The van der Waals surface area contributed by atoms with Gasteiger partial charge in [0.05, 0.1) is 19.3 Å². The predicted molar refractivity (Wildman–Crippen MR) is 110 cm³/mol. The number of benzene rings is 2. The Morgan fingerprint density at radius 1 is 1.14 bits per heavy atom. The molecular weight excluding hydrogens is 354 g/mol.